The molecule has 4 nitrogen and oxygen atoms in total. The second-order valence-electron chi connectivity index (χ2n) is 2.62. The summed E-state index contributed by atoms with van der Waals surface area (Å²) in [5.74, 6) is 0.423. The zero-order valence-corrected chi connectivity index (χ0v) is 7.62. The second kappa shape index (κ2) is 4.35. The highest BCUT2D eigenvalue weighted by Gasteiger charge is 1.91. The summed E-state index contributed by atoms with van der Waals surface area (Å²) in [4.78, 5) is 4.12. The van der Waals surface area contributed by atoms with Gasteiger partial charge in [-0.15, -0.1) is 0 Å². The number of nitrogens with one attached hydrogen (secondary N) is 1. The number of nitrogen functional groups attached to an aromatic ring is 1. The van der Waals surface area contributed by atoms with E-state index >= 15 is 0 Å². The number of guanidine groups is 1. The van der Waals surface area contributed by atoms with Crippen LogP contribution >= 0.6 is 0 Å². The third-order valence-corrected chi connectivity index (χ3v) is 1.50. The Kier molecular flexibility index (Phi) is 3.14. The Morgan fingerprint density at radius 2 is 2.00 bits per heavy atom. The lowest BCUT2D eigenvalue weighted by Crippen LogP contribution is -2.30. The van der Waals surface area contributed by atoms with Gasteiger partial charge in [-0.1, -0.05) is 0 Å². The molecule has 0 atom stereocenters. The van der Waals surface area contributed by atoms with Crippen LogP contribution in [0.15, 0.2) is 29.3 Å². The fraction of sp³-hybridized carbons (Fsp3) is 0.222. The van der Waals surface area contributed by atoms with Crippen molar-refractivity contribution in [2.24, 2.45) is 10.7 Å². The minimum absolute atomic E-state index is 0.423. The van der Waals surface area contributed by atoms with Gasteiger partial charge in [0, 0.05) is 12.2 Å². The van der Waals surface area contributed by atoms with Gasteiger partial charge in [0.1, 0.15) is 0 Å². The first kappa shape index (κ1) is 9.38. The topological polar surface area (TPSA) is 76.4 Å². The van der Waals surface area contributed by atoms with Crippen LogP contribution in [0.3, 0.4) is 0 Å². The molecule has 0 aliphatic rings. The van der Waals surface area contributed by atoms with Gasteiger partial charge in [-0.25, -0.2) is 4.99 Å². The van der Waals surface area contributed by atoms with Gasteiger partial charge in [0.15, 0.2) is 5.96 Å². The Bertz CT molecular complexity index is 289. The summed E-state index contributed by atoms with van der Waals surface area (Å²) in [6.45, 7) is 2.73. The van der Waals surface area contributed by atoms with Gasteiger partial charge in [-0.05, 0) is 31.2 Å². The summed E-state index contributed by atoms with van der Waals surface area (Å²) in [6.07, 6.45) is 0. The summed E-state index contributed by atoms with van der Waals surface area (Å²) in [7, 11) is 0. The van der Waals surface area contributed by atoms with Crippen LogP contribution in [0.2, 0.25) is 0 Å². The number of aliphatic imine (C=N–C) groups is 1. The van der Waals surface area contributed by atoms with Crippen molar-refractivity contribution in [2.45, 2.75) is 6.92 Å². The van der Waals surface area contributed by atoms with E-state index in [1.807, 2.05) is 19.1 Å². The van der Waals surface area contributed by atoms with Crippen LogP contribution in [0, 0.1) is 0 Å². The standard InChI is InChI=1S/C9H14N4/c1-2-12-9(11)13-8-5-3-7(10)4-6-8/h3-6H,2,10H2,1H3,(H3,11,12,13). The molecule has 1 aromatic rings. The molecule has 4 heteroatoms. The fourth-order valence-corrected chi connectivity index (χ4v) is 0.909. The highest BCUT2D eigenvalue weighted by atomic mass is 15.1. The zero-order chi connectivity index (χ0) is 9.68. The first-order chi connectivity index (χ1) is 6.22. The molecular formula is C9H14N4. The van der Waals surface area contributed by atoms with Crippen LogP contribution in [-0.2, 0) is 0 Å². The van der Waals surface area contributed by atoms with Gasteiger partial charge in [0.25, 0.3) is 0 Å². The highest BCUT2D eigenvalue weighted by molar-refractivity contribution is 5.80. The van der Waals surface area contributed by atoms with Gasteiger partial charge in [0.2, 0.25) is 0 Å². The molecule has 0 fully saturated rings. The van der Waals surface area contributed by atoms with E-state index in [1.54, 1.807) is 12.1 Å². The monoisotopic (exact) mass is 178 g/mol. The van der Waals surface area contributed by atoms with Crippen LogP contribution < -0.4 is 16.8 Å². The molecule has 0 radical (unpaired) electrons. The molecule has 0 amide bonds. The lowest BCUT2D eigenvalue weighted by molar-refractivity contribution is 0.954. The molecule has 0 unspecified atom stereocenters. The number of hydrogen-bond donors (Lipinski definition) is 3. The summed E-state index contributed by atoms with van der Waals surface area (Å²) < 4.78 is 0. The van der Waals surface area contributed by atoms with E-state index in [4.69, 9.17) is 11.5 Å². The lowest BCUT2D eigenvalue weighted by Gasteiger charge is -2.01. The van der Waals surface area contributed by atoms with Crippen molar-refractivity contribution in [3.8, 4) is 0 Å². The largest absolute Gasteiger partial charge is 0.399 e. The molecule has 0 saturated heterocycles. The number of anilines is 1. The molecule has 1 aromatic carbocycles. The third kappa shape index (κ3) is 3.02. The Labute approximate surface area is 77.7 Å². The van der Waals surface area contributed by atoms with Crippen molar-refractivity contribution in [3.05, 3.63) is 24.3 Å². The molecular weight excluding hydrogens is 164 g/mol. The minimum Gasteiger partial charge on any atom is -0.399 e. The zero-order valence-electron chi connectivity index (χ0n) is 7.62. The molecule has 0 saturated carbocycles. The summed E-state index contributed by atoms with van der Waals surface area (Å²) in [6, 6.07) is 7.22. The number of nitrogens with zero attached hydrogens (tertiary/aromatic N) is 1. The first-order valence-corrected chi connectivity index (χ1v) is 4.16. The number of nitrogens with two attached hydrogens (primary N) is 2. The van der Waals surface area contributed by atoms with Crippen molar-refractivity contribution in [1.29, 1.82) is 0 Å². The summed E-state index contributed by atoms with van der Waals surface area (Å²) >= 11 is 0. The van der Waals surface area contributed by atoms with E-state index in [0.29, 0.717) is 5.96 Å². The molecule has 0 aromatic heterocycles. The number of benzene rings is 1. The van der Waals surface area contributed by atoms with Gasteiger partial charge >= 0.3 is 0 Å². The van der Waals surface area contributed by atoms with Crippen molar-refractivity contribution in [1.82, 2.24) is 5.32 Å². The first-order valence-electron chi connectivity index (χ1n) is 4.16. The van der Waals surface area contributed by atoms with Gasteiger partial charge in [-0.2, -0.15) is 0 Å². The van der Waals surface area contributed by atoms with E-state index < -0.39 is 0 Å². The van der Waals surface area contributed by atoms with Gasteiger partial charge in [-0.3, -0.25) is 0 Å². The van der Waals surface area contributed by atoms with E-state index in [2.05, 4.69) is 10.3 Å². The Morgan fingerprint density at radius 3 is 2.54 bits per heavy atom. The molecule has 0 aliphatic carbocycles. The van der Waals surface area contributed by atoms with Gasteiger partial charge in [0.05, 0.1) is 5.69 Å². The molecule has 70 valence electrons. The predicted octanol–water partition coefficient (Wildman–Crippen LogP) is 0.824. The van der Waals surface area contributed by atoms with Crippen molar-refractivity contribution in [3.63, 3.8) is 0 Å². The molecule has 5 N–H and O–H groups in total. The van der Waals surface area contributed by atoms with E-state index in [9.17, 15) is 0 Å². The van der Waals surface area contributed by atoms with E-state index in [1.165, 1.54) is 0 Å². The molecule has 1 rings (SSSR count). The number of hydrogen-bond acceptors (Lipinski definition) is 2. The molecule has 0 heterocycles. The number of rotatable bonds is 2. The minimum atomic E-state index is 0.423. The smallest absolute Gasteiger partial charge is 0.193 e. The van der Waals surface area contributed by atoms with Crippen LogP contribution in [0.1, 0.15) is 6.92 Å². The quantitative estimate of drug-likeness (QED) is 0.356. The van der Waals surface area contributed by atoms with Crippen molar-refractivity contribution in [2.75, 3.05) is 12.3 Å². The fourth-order valence-electron chi connectivity index (χ4n) is 0.909. The second-order valence-corrected chi connectivity index (χ2v) is 2.62. The Balaban J connectivity index is 2.73. The van der Waals surface area contributed by atoms with Crippen LogP contribution in [0.5, 0.6) is 0 Å². The van der Waals surface area contributed by atoms with Crippen molar-refractivity contribution >= 4 is 17.3 Å². The molecule has 0 bridgehead atoms. The summed E-state index contributed by atoms with van der Waals surface area (Å²) in [5, 5.41) is 2.91. The van der Waals surface area contributed by atoms with E-state index in [-0.39, 0.29) is 0 Å². The average molecular weight is 178 g/mol. The lowest BCUT2D eigenvalue weighted by atomic mass is 10.3. The molecule has 0 aliphatic heterocycles. The Morgan fingerprint density at radius 1 is 1.38 bits per heavy atom. The Hall–Kier alpha value is -1.71. The maximum absolute atomic E-state index is 5.56. The summed E-state index contributed by atoms with van der Waals surface area (Å²) in [5.41, 5.74) is 12.6. The van der Waals surface area contributed by atoms with Gasteiger partial charge < -0.3 is 16.8 Å². The average Bonchev–Trinajstić information content (AvgIpc) is 2.09. The third-order valence-electron chi connectivity index (χ3n) is 1.50. The van der Waals surface area contributed by atoms with Crippen LogP contribution in [-0.4, -0.2) is 12.5 Å². The maximum atomic E-state index is 5.56. The SMILES string of the molecule is CCNC(N)=Nc1ccc(N)cc1. The molecule has 13 heavy (non-hydrogen) atoms. The van der Waals surface area contributed by atoms with Crippen LogP contribution in [0.4, 0.5) is 11.4 Å². The van der Waals surface area contributed by atoms with Crippen LogP contribution in [0.25, 0.3) is 0 Å². The predicted molar refractivity (Wildman–Crippen MR) is 55.8 cm³/mol. The maximum Gasteiger partial charge on any atom is 0.193 e. The molecule has 0 spiro atoms. The van der Waals surface area contributed by atoms with E-state index in [0.717, 1.165) is 17.9 Å². The normalized spacial score (nSPS) is 11.3. The van der Waals surface area contributed by atoms with Crippen molar-refractivity contribution < 1.29 is 0 Å². The highest BCUT2D eigenvalue weighted by Crippen LogP contribution is 2.13.